The second kappa shape index (κ2) is 5.92. The largest absolute Gasteiger partial charge is 0.444 e. The molecule has 0 aromatic carbocycles. The van der Waals surface area contributed by atoms with E-state index in [1.54, 1.807) is 4.90 Å². The molecule has 3 rings (SSSR count). The second-order valence-corrected chi connectivity index (χ2v) is 9.68. The molecule has 0 saturated carbocycles. The van der Waals surface area contributed by atoms with Gasteiger partial charge in [0, 0.05) is 23.5 Å². The molecule has 1 spiro atoms. The number of amides is 1. The molecule has 2 aliphatic rings. The van der Waals surface area contributed by atoms with Crippen LogP contribution in [0.2, 0.25) is 0 Å². The van der Waals surface area contributed by atoms with Crippen molar-refractivity contribution in [2.24, 2.45) is 0 Å². The lowest BCUT2D eigenvalue weighted by Crippen LogP contribution is -2.50. The zero-order valence-electron chi connectivity index (χ0n) is 13.8. The summed E-state index contributed by atoms with van der Waals surface area (Å²) in [5.41, 5.74) is -1.23. The summed E-state index contributed by atoms with van der Waals surface area (Å²) >= 11 is 4.60. The maximum Gasteiger partial charge on any atom is 0.410 e. The highest BCUT2D eigenvalue weighted by Gasteiger charge is 2.52. The molecule has 1 aromatic heterocycles. The number of ether oxygens (including phenoxy) is 2. The highest BCUT2D eigenvalue weighted by molar-refractivity contribution is 9.11. The molecular formula is C16H20BrF2NO3S. The first kappa shape index (κ1) is 18.1. The van der Waals surface area contributed by atoms with Crippen molar-refractivity contribution in [3.63, 3.8) is 0 Å². The van der Waals surface area contributed by atoms with Gasteiger partial charge in [-0.3, -0.25) is 0 Å². The fourth-order valence-electron chi connectivity index (χ4n) is 3.09. The Balaban J connectivity index is 1.77. The monoisotopic (exact) mass is 423 g/mol. The van der Waals surface area contributed by atoms with Crippen molar-refractivity contribution in [2.45, 2.75) is 50.7 Å². The summed E-state index contributed by atoms with van der Waals surface area (Å²) in [7, 11) is 0. The maximum atomic E-state index is 14.1. The zero-order valence-corrected chi connectivity index (χ0v) is 16.2. The Bertz CT molecular complexity index is 648. The fourth-order valence-corrected chi connectivity index (χ4v) is 4.95. The lowest BCUT2D eigenvalue weighted by molar-refractivity contribution is -0.180. The Morgan fingerprint density at radius 3 is 2.58 bits per heavy atom. The number of hydrogen-bond acceptors (Lipinski definition) is 4. The molecule has 1 saturated heterocycles. The van der Waals surface area contributed by atoms with Crippen molar-refractivity contribution in [2.75, 3.05) is 19.7 Å². The molecule has 0 atom stereocenters. The summed E-state index contributed by atoms with van der Waals surface area (Å²) < 4.78 is 39.9. The van der Waals surface area contributed by atoms with Gasteiger partial charge in [0.2, 0.25) is 0 Å². The molecule has 1 amide bonds. The molecule has 2 aliphatic heterocycles. The zero-order chi connectivity index (χ0) is 17.8. The van der Waals surface area contributed by atoms with E-state index in [2.05, 4.69) is 15.9 Å². The summed E-state index contributed by atoms with van der Waals surface area (Å²) in [6, 6.07) is 1.49. The summed E-state index contributed by atoms with van der Waals surface area (Å²) in [6.45, 7) is 5.69. The highest BCUT2D eigenvalue weighted by Crippen LogP contribution is 2.52. The number of fused-ring (bicyclic) bond motifs is 2. The van der Waals surface area contributed by atoms with E-state index in [1.165, 1.54) is 17.4 Å². The number of nitrogens with zero attached hydrogens (tertiary/aromatic N) is 1. The van der Waals surface area contributed by atoms with Crippen molar-refractivity contribution in [1.82, 2.24) is 4.90 Å². The molecule has 0 radical (unpaired) electrons. The third kappa shape index (κ3) is 3.32. The van der Waals surface area contributed by atoms with Gasteiger partial charge in [0.05, 0.1) is 3.79 Å². The van der Waals surface area contributed by atoms with Crippen LogP contribution in [0.3, 0.4) is 0 Å². The van der Waals surface area contributed by atoms with E-state index >= 15 is 0 Å². The smallest absolute Gasteiger partial charge is 0.410 e. The van der Waals surface area contributed by atoms with Gasteiger partial charge in [0.1, 0.15) is 17.8 Å². The van der Waals surface area contributed by atoms with Crippen LogP contribution in [0.1, 0.15) is 44.1 Å². The summed E-state index contributed by atoms with van der Waals surface area (Å²) in [6.07, 6.45) is 0.607. The van der Waals surface area contributed by atoms with Crippen molar-refractivity contribution in [3.8, 4) is 0 Å². The maximum absolute atomic E-state index is 14.1. The molecule has 0 aliphatic carbocycles. The van der Waals surface area contributed by atoms with Crippen LogP contribution in [0.15, 0.2) is 9.85 Å². The van der Waals surface area contributed by atoms with Crippen LogP contribution < -0.4 is 0 Å². The normalized spacial score (nSPS) is 22.3. The van der Waals surface area contributed by atoms with E-state index in [1.807, 2.05) is 20.8 Å². The van der Waals surface area contributed by atoms with Crippen LogP contribution in [-0.4, -0.2) is 36.3 Å². The van der Waals surface area contributed by atoms with E-state index in [0.717, 1.165) is 0 Å². The predicted octanol–water partition coefficient (Wildman–Crippen LogP) is 4.86. The molecule has 134 valence electrons. The number of rotatable bonds is 0. The van der Waals surface area contributed by atoms with Gasteiger partial charge in [0.15, 0.2) is 0 Å². The molecule has 0 bridgehead atoms. The number of carbonyl (C=O) groups excluding carboxylic acids is 1. The average molecular weight is 424 g/mol. The van der Waals surface area contributed by atoms with Crippen LogP contribution in [0.25, 0.3) is 0 Å². The number of halogens is 3. The van der Waals surface area contributed by atoms with Gasteiger partial charge in [0.25, 0.3) is 5.92 Å². The Morgan fingerprint density at radius 1 is 1.38 bits per heavy atom. The van der Waals surface area contributed by atoms with E-state index in [-0.39, 0.29) is 11.7 Å². The number of alkyl halides is 2. The Hall–Kier alpha value is -0.730. The predicted molar refractivity (Wildman–Crippen MR) is 90.6 cm³/mol. The molecule has 3 heterocycles. The minimum atomic E-state index is -2.97. The molecule has 1 aromatic rings. The van der Waals surface area contributed by atoms with Crippen LogP contribution in [0.5, 0.6) is 0 Å². The SMILES string of the molecule is CC(C)(C)OC(=O)N1CCC2(CC1)OCC(F)(F)c1cc(Br)sc12. The third-order valence-corrected chi connectivity index (χ3v) is 6.09. The molecule has 24 heavy (non-hydrogen) atoms. The summed E-state index contributed by atoms with van der Waals surface area (Å²) in [5.74, 6) is -2.97. The summed E-state index contributed by atoms with van der Waals surface area (Å²) in [4.78, 5) is 14.4. The number of thiophene rings is 1. The van der Waals surface area contributed by atoms with E-state index in [4.69, 9.17) is 9.47 Å². The second-order valence-electron chi connectivity index (χ2n) is 7.25. The van der Waals surface area contributed by atoms with E-state index in [9.17, 15) is 13.6 Å². The van der Waals surface area contributed by atoms with Crippen molar-refractivity contribution >= 4 is 33.4 Å². The number of piperidine rings is 1. The van der Waals surface area contributed by atoms with Crippen LogP contribution in [0, 0.1) is 0 Å². The minimum absolute atomic E-state index is 0.0522. The van der Waals surface area contributed by atoms with Gasteiger partial charge in [-0.25, -0.2) is 4.79 Å². The van der Waals surface area contributed by atoms with Crippen LogP contribution in [0.4, 0.5) is 13.6 Å². The molecule has 0 unspecified atom stereocenters. The van der Waals surface area contributed by atoms with Gasteiger partial charge in [-0.2, -0.15) is 8.78 Å². The Labute approximate surface area is 152 Å². The van der Waals surface area contributed by atoms with Gasteiger partial charge < -0.3 is 14.4 Å². The van der Waals surface area contributed by atoms with Crippen LogP contribution >= 0.6 is 27.3 Å². The highest BCUT2D eigenvalue weighted by atomic mass is 79.9. The first-order chi connectivity index (χ1) is 11.0. The first-order valence-corrected chi connectivity index (χ1v) is 9.43. The van der Waals surface area contributed by atoms with Crippen LogP contribution in [-0.2, 0) is 21.0 Å². The lowest BCUT2D eigenvalue weighted by Gasteiger charge is -2.45. The van der Waals surface area contributed by atoms with E-state index < -0.39 is 23.7 Å². The fraction of sp³-hybridized carbons (Fsp3) is 0.688. The Morgan fingerprint density at radius 2 is 2.00 bits per heavy atom. The van der Waals surface area contributed by atoms with Crippen molar-refractivity contribution < 1.29 is 23.0 Å². The van der Waals surface area contributed by atoms with Gasteiger partial charge >= 0.3 is 6.09 Å². The Kier molecular flexibility index (Phi) is 4.45. The molecule has 4 nitrogen and oxygen atoms in total. The molecular weight excluding hydrogens is 404 g/mol. The quantitative estimate of drug-likeness (QED) is 0.597. The van der Waals surface area contributed by atoms with E-state index in [0.29, 0.717) is 34.6 Å². The van der Waals surface area contributed by atoms with Gasteiger partial charge in [-0.1, -0.05) is 0 Å². The van der Waals surface area contributed by atoms with Gasteiger partial charge in [-0.05, 0) is 55.6 Å². The number of likely N-dealkylation sites (tertiary alicyclic amines) is 1. The minimum Gasteiger partial charge on any atom is -0.444 e. The third-order valence-electron chi connectivity index (χ3n) is 4.26. The number of carbonyl (C=O) groups is 1. The first-order valence-electron chi connectivity index (χ1n) is 7.82. The topological polar surface area (TPSA) is 38.8 Å². The summed E-state index contributed by atoms with van der Waals surface area (Å²) in [5, 5.41) is 0. The molecule has 8 heteroatoms. The standard InChI is InChI=1S/C16H20BrF2NO3S/c1-14(2,3)23-13(21)20-6-4-15(5-7-20)12-10(8-11(17)24-12)16(18,19)9-22-15/h8H,4-7,9H2,1-3H3. The number of hydrogen-bond donors (Lipinski definition) is 0. The molecule has 1 fully saturated rings. The van der Waals surface area contributed by atoms with Gasteiger partial charge in [-0.15, -0.1) is 11.3 Å². The van der Waals surface area contributed by atoms with Crippen molar-refractivity contribution in [3.05, 3.63) is 20.3 Å². The van der Waals surface area contributed by atoms with Crippen molar-refractivity contribution in [1.29, 1.82) is 0 Å². The lowest BCUT2D eigenvalue weighted by atomic mass is 9.84. The average Bonchev–Trinajstić information content (AvgIpc) is 2.87. The molecule has 0 N–H and O–H groups in total.